The van der Waals surface area contributed by atoms with E-state index in [0.717, 1.165) is 11.0 Å². The smallest absolute Gasteiger partial charge is 0.416 e. The summed E-state index contributed by atoms with van der Waals surface area (Å²) in [7, 11) is 2.99. The lowest BCUT2D eigenvalue weighted by Crippen LogP contribution is -2.34. The second-order valence-electron chi connectivity index (χ2n) is 7.76. The van der Waals surface area contributed by atoms with Crippen molar-refractivity contribution < 1.29 is 27.5 Å². The van der Waals surface area contributed by atoms with Crippen LogP contribution in [0.1, 0.15) is 31.9 Å². The highest BCUT2D eigenvalue weighted by molar-refractivity contribution is 9.10. The van der Waals surface area contributed by atoms with Crippen LogP contribution in [0.4, 0.5) is 34.3 Å². The van der Waals surface area contributed by atoms with Crippen molar-refractivity contribution in [1.82, 2.24) is 14.7 Å². The van der Waals surface area contributed by atoms with Gasteiger partial charge in [-0.3, -0.25) is 10.00 Å². The predicted octanol–water partition coefficient (Wildman–Crippen LogP) is 5.21. The summed E-state index contributed by atoms with van der Waals surface area (Å²) in [6.07, 6.45) is -5.44. The van der Waals surface area contributed by atoms with Crippen molar-refractivity contribution in [1.29, 1.82) is 0 Å². The second-order valence-corrected chi connectivity index (χ2v) is 8.57. The third-order valence-electron chi connectivity index (χ3n) is 3.85. The summed E-state index contributed by atoms with van der Waals surface area (Å²) in [5.41, 5.74) is -1.95. The largest absolute Gasteiger partial charge is 0.444 e. The van der Waals surface area contributed by atoms with Gasteiger partial charge in [-0.15, -0.1) is 0 Å². The molecule has 0 aliphatic rings. The van der Waals surface area contributed by atoms with E-state index in [1.54, 1.807) is 27.8 Å². The maximum Gasteiger partial charge on any atom is 0.416 e. The van der Waals surface area contributed by atoms with E-state index < -0.39 is 29.5 Å². The Hall–Kier alpha value is -2.76. The van der Waals surface area contributed by atoms with Crippen molar-refractivity contribution >= 4 is 39.6 Å². The van der Waals surface area contributed by atoms with E-state index in [1.807, 2.05) is 0 Å². The minimum atomic E-state index is -4.69. The minimum Gasteiger partial charge on any atom is -0.444 e. The minimum absolute atomic E-state index is 0.0662. The summed E-state index contributed by atoms with van der Waals surface area (Å²) in [6.45, 7) is 4.66. The SMILES string of the molecule is CN(Cc1ccc(NC(=O)Nc2cc(Br)n(C)n2)cc1C(F)(F)F)C(=O)OC(C)(C)C. The molecule has 2 N–H and O–H groups in total. The Morgan fingerprint density at radius 1 is 1.19 bits per heavy atom. The molecule has 2 rings (SSSR count). The van der Waals surface area contributed by atoms with Crippen LogP contribution >= 0.6 is 15.9 Å². The first kappa shape index (κ1) is 24.5. The monoisotopic (exact) mass is 505 g/mol. The number of alkyl halides is 3. The molecule has 31 heavy (non-hydrogen) atoms. The molecule has 1 heterocycles. The van der Waals surface area contributed by atoms with Gasteiger partial charge in [0.25, 0.3) is 0 Å². The fraction of sp³-hybridized carbons (Fsp3) is 0.421. The number of anilines is 2. The average molecular weight is 506 g/mol. The number of benzene rings is 1. The molecule has 3 amide bonds. The number of nitrogens with zero attached hydrogens (tertiary/aromatic N) is 3. The lowest BCUT2D eigenvalue weighted by atomic mass is 10.1. The Morgan fingerprint density at radius 3 is 2.35 bits per heavy atom. The molecule has 0 atom stereocenters. The van der Waals surface area contributed by atoms with Crippen LogP contribution in [0.2, 0.25) is 0 Å². The number of carbonyl (C=O) groups is 2. The van der Waals surface area contributed by atoms with E-state index in [4.69, 9.17) is 4.74 Å². The van der Waals surface area contributed by atoms with Gasteiger partial charge in [-0.2, -0.15) is 18.3 Å². The van der Waals surface area contributed by atoms with Gasteiger partial charge in [-0.1, -0.05) is 6.07 Å². The van der Waals surface area contributed by atoms with Crippen molar-refractivity contribution in [3.8, 4) is 0 Å². The Kier molecular flexibility index (Phi) is 7.25. The van der Waals surface area contributed by atoms with Crippen molar-refractivity contribution in [2.45, 2.75) is 39.1 Å². The molecule has 8 nitrogen and oxygen atoms in total. The lowest BCUT2D eigenvalue weighted by Gasteiger charge is -2.25. The zero-order valence-corrected chi connectivity index (χ0v) is 19.2. The van der Waals surface area contributed by atoms with Gasteiger partial charge < -0.3 is 15.0 Å². The number of rotatable bonds is 4. The highest BCUT2D eigenvalue weighted by atomic mass is 79.9. The molecule has 0 aliphatic heterocycles. The summed E-state index contributed by atoms with van der Waals surface area (Å²) in [4.78, 5) is 25.2. The van der Waals surface area contributed by atoms with Crippen LogP contribution in [-0.2, 0) is 24.5 Å². The first-order valence-corrected chi connectivity index (χ1v) is 9.87. The van der Waals surface area contributed by atoms with Crippen LogP contribution in [0.15, 0.2) is 28.9 Å². The quantitative estimate of drug-likeness (QED) is 0.596. The molecule has 0 bridgehead atoms. The van der Waals surface area contributed by atoms with Gasteiger partial charge in [-0.05, 0) is 54.4 Å². The summed E-state index contributed by atoms with van der Waals surface area (Å²) < 4.78 is 48.1. The molecule has 2 aromatic rings. The molecule has 0 fully saturated rings. The van der Waals surface area contributed by atoms with Crippen molar-refractivity contribution in [2.24, 2.45) is 7.05 Å². The molecule has 1 aromatic heterocycles. The molecule has 0 unspecified atom stereocenters. The standard InChI is InChI=1S/C19H23BrF3N5O3/c1-18(2,3)31-17(30)27(4)10-11-6-7-12(8-13(11)19(21,22)23)24-16(29)25-15-9-14(20)28(5)26-15/h6-9H,10H2,1-5H3,(H2,24,25,26,29). The van der Waals surface area contributed by atoms with Gasteiger partial charge in [0, 0.05) is 32.4 Å². The van der Waals surface area contributed by atoms with Gasteiger partial charge in [0.1, 0.15) is 10.2 Å². The zero-order valence-electron chi connectivity index (χ0n) is 17.6. The van der Waals surface area contributed by atoms with Gasteiger partial charge in [-0.25, -0.2) is 9.59 Å². The molecule has 170 valence electrons. The molecule has 0 spiro atoms. The number of urea groups is 1. The Balaban J connectivity index is 2.17. The van der Waals surface area contributed by atoms with Crippen molar-refractivity contribution in [3.63, 3.8) is 0 Å². The van der Waals surface area contributed by atoms with Crippen molar-refractivity contribution in [2.75, 3.05) is 17.7 Å². The number of hydrogen-bond donors (Lipinski definition) is 2. The number of carbonyl (C=O) groups excluding carboxylic acids is 2. The second kappa shape index (κ2) is 9.16. The number of aryl methyl sites for hydroxylation is 1. The molecule has 0 saturated carbocycles. The molecule has 0 aliphatic carbocycles. The predicted molar refractivity (Wildman–Crippen MR) is 113 cm³/mol. The van der Waals surface area contributed by atoms with E-state index in [9.17, 15) is 22.8 Å². The van der Waals surface area contributed by atoms with Gasteiger partial charge in [0.05, 0.1) is 5.56 Å². The number of aromatic nitrogens is 2. The van der Waals surface area contributed by atoms with E-state index >= 15 is 0 Å². The molecular formula is C19H23BrF3N5O3. The highest BCUT2D eigenvalue weighted by Crippen LogP contribution is 2.34. The average Bonchev–Trinajstić information content (AvgIpc) is 2.90. The fourth-order valence-electron chi connectivity index (χ4n) is 2.50. The topological polar surface area (TPSA) is 88.5 Å². The Bertz CT molecular complexity index is 950. The van der Waals surface area contributed by atoms with Crippen LogP contribution < -0.4 is 10.6 Å². The first-order chi connectivity index (χ1) is 14.2. The third kappa shape index (κ3) is 7.16. The summed E-state index contributed by atoms with van der Waals surface area (Å²) >= 11 is 3.22. The van der Waals surface area contributed by atoms with E-state index in [1.165, 1.54) is 29.9 Å². The van der Waals surface area contributed by atoms with E-state index in [0.29, 0.717) is 4.60 Å². The van der Waals surface area contributed by atoms with Crippen LogP contribution in [0, 0.1) is 0 Å². The van der Waals surface area contributed by atoms with Crippen LogP contribution in [0.25, 0.3) is 0 Å². The number of ether oxygens (including phenoxy) is 1. The third-order valence-corrected chi connectivity index (χ3v) is 4.59. The molecule has 0 radical (unpaired) electrons. The number of hydrogen-bond acceptors (Lipinski definition) is 4. The number of halogens is 4. The fourth-order valence-corrected chi connectivity index (χ4v) is 2.80. The zero-order chi connectivity index (χ0) is 23.6. The van der Waals surface area contributed by atoms with Crippen LogP contribution in [0.3, 0.4) is 0 Å². The molecule has 12 heteroatoms. The maximum absolute atomic E-state index is 13.6. The van der Waals surface area contributed by atoms with Crippen LogP contribution in [0.5, 0.6) is 0 Å². The molecule has 1 aromatic carbocycles. The maximum atomic E-state index is 13.6. The first-order valence-electron chi connectivity index (χ1n) is 9.07. The van der Waals surface area contributed by atoms with Gasteiger partial charge >= 0.3 is 18.3 Å². The molecule has 0 saturated heterocycles. The van der Waals surface area contributed by atoms with E-state index in [-0.39, 0.29) is 23.6 Å². The number of amides is 3. The van der Waals surface area contributed by atoms with Gasteiger partial charge in [0.2, 0.25) is 0 Å². The van der Waals surface area contributed by atoms with E-state index in [2.05, 4.69) is 31.7 Å². The Morgan fingerprint density at radius 2 is 1.84 bits per heavy atom. The van der Waals surface area contributed by atoms with Gasteiger partial charge in [0.15, 0.2) is 5.82 Å². The molecular weight excluding hydrogens is 483 g/mol. The van der Waals surface area contributed by atoms with Crippen molar-refractivity contribution in [3.05, 3.63) is 40.0 Å². The normalized spacial score (nSPS) is 11.8. The highest BCUT2D eigenvalue weighted by Gasteiger charge is 2.34. The summed E-state index contributed by atoms with van der Waals surface area (Å²) in [5.74, 6) is 0.221. The summed E-state index contributed by atoms with van der Waals surface area (Å²) in [5, 5.41) is 8.78. The Labute approximate surface area is 185 Å². The van der Waals surface area contributed by atoms with Crippen LogP contribution in [-0.4, -0.2) is 39.5 Å². The number of nitrogens with one attached hydrogen (secondary N) is 2. The summed E-state index contributed by atoms with van der Waals surface area (Å²) in [6, 6.07) is 4.12. The lowest BCUT2D eigenvalue weighted by molar-refractivity contribution is -0.138.